The summed E-state index contributed by atoms with van der Waals surface area (Å²) in [6.45, 7) is 8.99. The summed E-state index contributed by atoms with van der Waals surface area (Å²) in [6.07, 6.45) is 3.49. The maximum atomic E-state index is 12.0. The van der Waals surface area contributed by atoms with E-state index in [1.807, 2.05) is 36.9 Å². The number of ether oxygens (including phenoxy) is 2. The van der Waals surface area contributed by atoms with Gasteiger partial charge in [-0.15, -0.1) is 24.0 Å². The highest BCUT2D eigenvalue weighted by Crippen LogP contribution is 2.30. The summed E-state index contributed by atoms with van der Waals surface area (Å²) in [4.78, 5) is 18.7. The van der Waals surface area contributed by atoms with Crippen LogP contribution in [0, 0.1) is 0 Å². The second-order valence-electron chi connectivity index (χ2n) is 6.73. The summed E-state index contributed by atoms with van der Waals surface area (Å²) < 4.78 is 11.0. The van der Waals surface area contributed by atoms with E-state index >= 15 is 0 Å². The van der Waals surface area contributed by atoms with Crippen molar-refractivity contribution in [2.75, 3.05) is 38.7 Å². The maximum absolute atomic E-state index is 12.0. The third-order valence-corrected chi connectivity index (χ3v) is 4.82. The van der Waals surface area contributed by atoms with Crippen LogP contribution in [0.15, 0.2) is 23.2 Å². The van der Waals surface area contributed by atoms with Gasteiger partial charge in [0, 0.05) is 43.9 Å². The topological polar surface area (TPSA) is 75.2 Å². The molecule has 2 rings (SSSR count). The van der Waals surface area contributed by atoms with Gasteiger partial charge in [-0.2, -0.15) is 0 Å². The number of rotatable bonds is 10. The first-order valence-corrected chi connectivity index (χ1v) is 10.3. The maximum Gasteiger partial charge on any atom is 0.222 e. The molecule has 7 nitrogen and oxygen atoms in total. The van der Waals surface area contributed by atoms with Crippen molar-refractivity contribution < 1.29 is 14.3 Å². The third-order valence-electron chi connectivity index (χ3n) is 4.82. The number of methoxy groups -OCH3 is 1. The number of amides is 1. The molecule has 1 unspecified atom stereocenters. The average Bonchev–Trinajstić information content (AvgIpc) is 3.11. The predicted octanol–water partition coefficient (Wildman–Crippen LogP) is 3.88. The number of nitrogens with one attached hydrogen (secondary N) is 2. The fraction of sp³-hybridized carbons (Fsp3) is 0.619. The molecule has 0 spiro atoms. The molecule has 0 aliphatic carbocycles. The number of benzene rings is 1. The molecule has 1 amide bonds. The molecule has 2 N–H and O–H groups in total. The zero-order chi connectivity index (χ0) is 20.4. The second kappa shape index (κ2) is 13.5. The molecule has 0 radical (unpaired) electrons. The summed E-state index contributed by atoms with van der Waals surface area (Å²) in [7, 11) is 1.63. The van der Waals surface area contributed by atoms with Gasteiger partial charge >= 0.3 is 0 Å². The van der Waals surface area contributed by atoms with Crippen molar-refractivity contribution in [1.82, 2.24) is 10.2 Å². The molecule has 164 valence electrons. The number of halogens is 1. The molecule has 0 aromatic heterocycles. The molecule has 1 aromatic rings. The van der Waals surface area contributed by atoms with Gasteiger partial charge in [-0.05, 0) is 45.2 Å². The highest BCUT2D eigenvalue weighted by Gasteiger charge is 2.26. The highest BCUT2D eigenvalue weighted by atomic mass is 127. The molecule has 1 aromatic carbocycles. The Morgan fingerprint density at radius 3 is 2.66 bits per heavy atom. The highest BCUT2D eigenvalue weighted by molar-refractivity contribution is 14.0. The molecule has 29 heavy (non-hydrogen) atoms. The van der Waals surface area contributed by atoms with Crippen molar-refractivity contribution in [2.24, 2.45) is 4.99 Å². The lowest BCUT2D eigenvalue weighted by Gasteiger charge is -2.26. The molecule has 1 aliphatic rings. The van der Waals surface area contributed by atoms with Crippen LogP contribution in [0.5, 0.6) is 11.5 Å². The first-order valence-electron chi connectivity index (χ1n) is 10.3. The molecular weight excluding hydrogens is 483 g/mol. The van der Waals surface area contributed by atoms with Crippen molar-refractivity contribution >= 4 is 41.5 Å². The van der Waals surface area contributed by atoms with Crippen LogP contribution in [0.25, 0.3) is 0 Å². The molecular formula is C21H35IN4O3. The van der Waals surface area contributed by atoms with Crippen LogP contribution in [0.4, 0.5) is 5.69 Å². The Hall–Kier alpha value is -1.71. The molecule has 1 saturated heterocycles. The van der Waals surface area contributed by atoms with Gasteiger partial charge in [0.2, 0.25) is 5.91 Å². The first kappa shape index (κ1) is 25.3. The van der Waals surface area contributed by atoms with E-state index in [0.717, 1.165) is 44.0 Å². The minimum absolute atomic E-state index is 0. The van der Waals surface area contributed by atoms with Crippen LogP contribution < -0.4 is 20.1 Å². The normalized spacial score (nSPS) is 15.0. The van der Waals surface area contributed by atoms with Crippen LogP contribution in [-0.2, 0) is 4.79 Å². The number of aliphatic imine (C=N–C) groups is 1. The summed E-state index contributed by atoms with van der Waals surface area (Å²) in [5.74, 6) is 2.40. The van der Waals surface area contributed by atoms with Gasteiger partial charge in [0.05, 0.1) is 13.7 Å². The van der Waals surface area contributed by atoms with Gasteiger partial charge in [-0.25, -0.2) is 0 Å². The Morgan fingerprint density at radius 2 is 2.07 bits per heavy atom. The zero-order valence-corrected chi connectivity index (χ0v) is 20.3. The van der Waals surface area contributed by atoms with Crippen molar-refractivity contribution in [3.8, 4) is 11.5 Å². The Bertz CT molecular complexity index is 669. The smallest absolute Gasteiger partial charge is 0.222 e. The fourth-order valence-corrected chi connectivity index (χ4v) is 3.43. The van der Waals surface area contributed by atoms with E-state index < -0.39 is 0 Å². The molecule has 1 atom stereocenters. The van der Waals surface area contributed by atoms with Crippen LogP contribution in [-0.4, -0.2) is 56.2 Å². The van der Waals surface area contributed by atoms with Gasteiger partial charge in [0.1, 0.15) is 0 Å². The number of anilines is 1. The molecule has 0 saturated carbocycles. The van der Waals surface area contributed by atoms with Crippen molar-refractivity contribution in [3.63, 3.8) is 0 Å². The standard InChI is InChI=1S/C21H34N4O3.HI/c1-5-17(25-14-8-9-20(25)26)12-13-23-21(22-6-2)24-16-10-11-18(27-4)19(15-16)28-7-3;/h10-11,15,17H,5-9,12-14H2,1-4H3,(H2,22,23,24);1H. The minimum atomic E-state index is 0. The first-order chi connectivity index (χ1) is 13.6. The predicted molar refractivity (Wildman–Crippen MR) is 129 cm³/mol. The number of guanidine groups is 1. The molecule has 8 heteroatoms. The number of nitrogens with zero attached hydrogens (tertiary/aromatic N) is 2. The van der Waals surface area contributed by atoms with E-state index in [1.54, 1.807) is 7.11 Å². The molecule has 1 heterocycles. The number of likely N-dealkylation sites (tertiary alicyclic amines) is 1. The van der Waals surface area contributed by atoms with E-state index in [2.05, 4.69) is 17.6 Å². The Labute approximate surface area is 191 Å². The van der Waals surface area contributed by atoms with Crippen molar-refractivity contribution in [2.45, 2.75) is 52.5 Å². The van der Waals surface area contributed by atoms with Gasteiger partial charge in [-0.3, -0.25) is 9.79 Å². The quantitative estimate of drug-likeness (QED) is 0.280. The number of hydrogen-bond acceptors (Lipinski definition) is 4. The Morgan fingerprint density at radius 1 is 1.28 bits per heavy atom. The third kappa shape index (κ3) is 7.56. The van der Waals surface area contributed by atoms with Crippen LogP contribution in [0.1, 0.15) is 46.5 Å². The van der Waals surface area contributed by atoms with Gasteiger partial charge in [-0.1, -0.05) is 6.92 Å². The van der Waals surface area contributed by atoms with E-state index in [4.69, 9.17) is 14.5 Å². The lowest BCUT2D eigenvalue weighted by molar-refractivity contribution is -0.129. The van der Waals surface area contributed by atoms with E-state index in [1.165, 1.54) is 0 Å². The van der Waals surface area contributed by atoms with E-state index in [-0.39, 0.29) is 35.9 Å². The van der Waals surface area contributed by atoms with Crippen molar-refractivity contribution in [3.05, 3.63) is 18.2 Å². The minimum Gasteiger partial charge on any atom is -0.493 e. The zero-order valence-electron chi connectivity index (χ0n) is 18.0. The van der Waals surface area contributed by atoms with E-state index in [9.17, 15) is 4.79 Å². The van der Waals surface area contributed by atoms with Gasteiger partial charge in [0.15, 0.2) is 17.5 Å². The monoisotopic (exact) mass is 518 g/mol. The summed E-state index contributed by atoms with van der Waals surface area (Å²) >= 11 is 0. The Kier molecular flexibility index (Phi) is 11.8. The van der Waals surface area contributed by atoms with Crippen molar-refractivity contribution in [1.29, 1.82) is 0 Å². The number of hydrogen-bond donors (Lipinski definition) is 2. The van der Waals surface area contributed by atoms with Gasteiger partial charge < -0.3 is 25.0 Å². The second-order valence-corrected chi connectivity index (χ2v) is 6.73. The van der Waals surface area contributed by atoms with Crippen LogP contribution in [0.2, 0.25) is 0 Å². The van der Waals surface area contributed by atoms with Crippen LogP contribution in [0.3, 0.4) is 0 Å². The number of carbonyl (C=O) groups excluding carboxylic acids is 1. The van der Waals surface area contributed by atoms with E-state index in [0.29, 0.717) is 31.1 Å². The number of carbonyl (C=O) groups is 1. The SMILES string of the molecule is CCNC(=NCCC(CC)N1CCCC1=O)Nc1ccc(OC)c(OCC)c1.I. The molecule has 1 fully saturated rings. The average molecular weight is 518 g/mol. The summed E-state index contributed by atoms with van der Waals surface area (Å²) in [6, 6.07) is 5.99. The molecule has 1 aliphatic heterocycles. The lowest BCUT2D eigenvalue weighted by atomic mass is 10.1. The molecule has 0 bridgehead atoms. The summed E-state index contributed by atoms with van der Waals surface area (Å²) in [5.41, 5.74) is 0.880. The Balaban J connectivity index is 0.00000420. The summed E-state index contributed by atoms with van der Waals surface area (Å²) in [5, 5.41) is 6.59. The fourth-order valence-electron chi connectivity index (χ4n) is 3.43. The lowest BCUT2D eigenvalue weighted by Crippen LogP contribution is -2.36. The largest absolute Gasteiger partial charge is 0.493 e. The van der Waals surface area contributed by atoms with Crippen LogP contribution >= 0.6 is 24.0 Å². The van der Waals surface area contributed by atoms with Gasteiger partial charge in [0.25, 0.3) is 0 Å².